The molecule has 0 aliphatic heterocycles. The maximum atomic E-state index is 4.42. The van der Waals surface area contributed by atoms with Crippen LogP contribution in [0, 0.1) is 6.92 Å². The van der Waals surface area contributed by atoms with Gasteiger partial charge in [0.25, 0.3) is 0 Å². The maximum absolute atomic E-state index is 4.42. The third-order valence-electron chi connectivity index (χ3n) is 2.25. The number of aryl methyl sites for hydroxylation is 1. The number of hydrogen-bond acceptors (Lipinski definition) is 1. The van der Waals surface area contributed by atoms with Crippen LogP contribution >= 0.6 is 12.6 Å². The van der Waals surface area contributed by atoms with E-state index in [1.807, 2.05) is 0 Å². The Bertz CT molecular complexity index is 310. The molecule has 0 spiro atoms. The lowest BCUT2D eigenvalue weighted by molar-refractivity contribution is 0.950. The third kappa shape index (κ3) is 2.95. The fraction of sp³-hybridized carbons (Fsp3) is 0.500. The molecule has 14 heavy (non-hydrogen) atoms. The second kappa shape index (κ2) is 5.30. The molecule has 1 rings (SSSR count). The zero-order valence-corrected chi connectivity index (χ0v) is 10.1. The Hall–Kier alpha value is -0.630. The van der Waals surface area contributed by atoms with Gasteiger partial charge < -0.3 is 4.98 Å². The largest absolute Gasteiger partial charge is 0.364 e. The number of nitrogens with one attached hydrogen (secondary N) is 1. The van der Waals surface area contributed by atoms with Gasteiger partial charge in [-0.2, -0.15) is 12.6 Å². The maximum Gasteiger partial charge on any atom is 0.0191 e. The predicted molar refractivity (Wildman–Crippen MR) is 67.0 cm³/mol. The molecule has 0 aliphatic rings. The fourth-order valence-corrected chi connectivity index (χ4v) is 1.74. The minimum absolute atomic E-state index is 0.416. The number of allylic oxidation sites excluding steroid dienone is 1. The zero-order valence-electron chi connectivity index (χ0n) is 9.17. The Labute approximate surface area is 92.0 Å². The van der Waals surface area contributed by atoms with E-state index in [1.165, 1.54) is 16.8 Å². The molecule has 0 aliphatic carbocycles. The summed E-state index contributed by atoms with van der Waals surface area (Å²) in [5, 5.41) is 0.416. The SMILES string of the molecule is CCC=Cc1c(CC(C)S)c[nH]c1C. The molecule has 1 unspecified atom stereocenters. The molecule has 1 N–H and O–H groups in total. The monoisotopic (exact) mass is 209 g/mol. The standard InChI is InChI=1S/C12H19NS/c1-4-5-6-12-10(3)13-8-11(12)7-9(2)14/h5-6,8-9,13-14H,4,7H2,1-3H3. The highest BCUT2D eigenvalue weighted by molar-refractivity contribution is 7.80. The first kappa shape index (κ1) is 11.4. The molecule has 1 aromatic rings. The van der Waals surface area contributed by atoms with Gasteiger partial charge in [0.1, 0.15) is 0 Å². The van der Waals surface area contributed by atoms with E-state index in [1.54, 1.807) is 0 Å². The van der Waals surface area contributed by atoms with Crippen molar-refractivity contribution < 1.29 is 0 Å². The van der Waals surface area contributed by atoms with Crippen molar-refractivity contribution in [1.82, 2.24) is 4.98 Å². The van der Waals surface area contributed by atoms with Crippen LogP contribution in [0.5, 0.6) is 0 Å². The Morgan fingerprint density at radius 1 is 1.57 bits per heavy atom. The van der Waals surface area contributed by atoms with Crippen molar-refractivity contribution in [3.8, 4) is 0 Å². The van der Waals surface area contributed by atoms with Crippen molar-refractivity contribution in [3.63, 3.8) is 0 Å². The van der Waals surface area contributed by atoms with Gasteiger partial charge in [0, 0.05) is 17.1 Å². The summed E-state index contributed by atoms with van der Waals surface area (Å²) in [6.45, 7) is 6.39. The molecule has 1 aromatic heterocycles. The number of aromatic amines is 1. The van der Waals surface area contributed by atoms with Crippen LogP contribution in [0.3, 0.4) is 0 Å². The quantitative estimate of drug-likeness (QED) is 0.705. The van der Waals surface area contributed by atoms with Gasteiger partial charge in [-0.15, -0.1) is 0 Å². The van der Waals surface area contributed by atoms with Gasteiger partial charge >= 0.3 is 0 Å². The van der Waals surface area contributed by atoms with Crippen molar-refractivity contribution in [2.45, 2.75) is 38.9 Å². The highest BCUT2D eigenvalue weighted by Crippen LogP contribution is 2.18. The van der Waals surface area contributed by atoms with Crippen molar-refractivity contribution in [2.75, 3.05) is 0 Å². The van der Waals surface area contributed by atoms with E-state index in [4.69, 9.17) is 0 Å². The highest BCUT2D eigenvalue weighted by atomic mass is 32.1. The highest BCUT2D eigenvalue weighted by Gasteiger charge is 2.06. The first-order chi connectivity index (χ1) is 6.65. The van der Waals surface area contributed by atoms with E-state index >= 15 is 0 Å². The van der Waals surface area contributed by atoms with Gasteiger partial charge in [0.05, 0.1) is 0 Å². The van der Waals surface area contributed by atoms with E-state index in [0.717, 1.165) is 12.8 Å². The van der Waals surface area contributed by atoms with E-state index in [0.29, 0.717) is 5.25 Å². The van der Waals surface area contributed by atoms with E-state index in [2.05, 4.69) is 56.7 Å². The average molecular weight is 209 g/mol. The summed E-state index contributed by atoms with van der Waals surface area (Å²) in [4.78, 5) is 3.27. The van der Waals surface area contributed by atoms with Crippen molar-refractivity contribution in [1.29, 1.82) is 0 Å². The number of hydrogen-bond donors (Lipinski definition) is 2. The molecular weight excluding hydrogens is 190 g/mol. The number of aromatic nitrogens is 1. The Kier molecular flexibility index (Phi) is 4.33. The average Bonchev–Trinajstić information content (AvgIpc) is 2.44. The Morgan fingerprint density at radius 3 is 2.86 bits per heavy atom. The van der Waals surface area contributed by atoms with E-state index in [-0.39, 0.29) is 0 Å². The van der Waals surface area contributed by atoms with Gasteiger partial charge in [0.15, 0.2) is 0 Å². The number of rotatable bonds is 4. The molecule has 0 saturated heterocycles. The summed E-state index contributed by atoms with van der Waals surface area (Å²) in [5.74, 6) is 0. The molecule has 1 heterocycles. The van der Waals surface area contributed by atoms with Crippen LogP contribution in [0.1, 0.15) is 37.1 Å². The van der Waals surface area contributed by atoms with E-state index < -0.39 is 0 Å². The third-order valence-corrected chi connectivity index (χ3v) is 2.43. The number of thiol groups is 1. The summed E-state index contributed by atoms with van der Waals surface area (Å²) in [6.07, 6.45) is 8.61. The summed E-state index contributed by atoms with van der Waals surface area (Å²) < 4.78 is 0. The van der Waals surface area contributed by atoms with Crippen LogP contribution in [0.15, 0.2) is 12.3 Å². The van der Waals surface area contributed by atoms with E-state index in [9.17, 15) is 0 Å². The van der Waals surface area contributed by atoms with Crippen LogP contribution in [0.25, 0.3) is 6.08 Å². The molecular formula is C12H19NS. The van der Waals surface area contributed by atoms with Gasteiger partial charge in [0.2, 0.25) is 0 Å². The van der Waals surface area contributed by atoms with Crippen molar-refractivity contribution in [2.24, 2.45) is 0 Å². The van der Waals surface area contributed by atoms with Gasteiger partial charge in [-0.1, -0.05) is 26.0 Å². The van der Waals surface area contributed by atoms with Crippen molar-refractivity contribution >= 4 is 18.7 Å². The van der Waals surface area contributed by atoms with Crippen LogP contribution in [-0.4, -0.2) is 10.2 Å². The minimum Gasteiger partial charge on any atom is -0.364 e. The van der Waals surface area contributed by atoms with Crippen molar-refractivity contribution in [3.05, 3.63) is 29.1 Å². The normalized spacial score (nSPS) is 13.7. The molecule has 78 valence electrons. The summed E-state index contributed by atoms with van der Waals surface area (Å²) in [7, 11) is 0. The molecule has 1 nitrogen and oxygen atoms in total. The van der Waals surface area contributed by atoms with Gasteiger partial charge in [-0.05, 0) is 30.9 Å². The summed E-state index contributed by atoms with van der Waals surface area (Å²) in [5.41, 5.74) is 3.96. The predicted octanol–water partition coefficient (Wildman–Crippen LogP) is 3.61. The lowest BCUT2D eigenvalue weighted by atomic mass is 10.1. The van der Waals surface area contributed by atoms with Crippen LogP contribution in [0.4, 0.5) is 0 Å². The molecule has 0 radical (unpaired) electrons. The second-order valence-corrected chi connectivity index (χ2v) is 4.60. The molecule has 0 amide bonds. The zero-order chi connectivity index (χ0) is 10.6. The first-order valence-corrected chi connectivity index (χ1v) is 5.68. The fourth-order valence-electron chi connectivity index (χ4n) is 1.55. The van der Waals surface area contributed by atoms with Gasteiger partial charge in [-0.25, -0.2) is 0 Å². The Balaban J connectivity index is 2.88. The second-order valence-electron chi connectivity index (χ2n) is 3.72. The lowest BCUT2D eigenvalue weighted by Crippen LogP contribution is -1.97. The summed E-state index contributed by atoms with van der Waals surface area (Å²) >= 11 is 4.42. The molecule has 0 aromatic carbocycles. The summed E-state index contributed by atoms with van der Waals surface area (Å²) in [6, 6.07) is 0. The molecule has 0 fully saturated rings. The molecule has 2 heteroatoms. The Morgan fingerprint density at radius 2 is 2.29 bits per heavy atom. The molecule has 0 bridgehead atoms. The lowest BCUT2D eigenvalue weighted by Gasteiger charge is -2.03. The van der Waals surface area contributed by atoms with Crippen LogP contribution in [-0.2, 0) is 6.42 Å². The van der Waals surface area contributed by atoms with Crippen LogP contribution < -0.4 is 0 Å². The number of H-pyrrole nitrogens is 1. The van der Waals surface area contributed by atoms with Gasteiger partial charge in [-0.3, -0.25) is 0 Å². The molecule has 1 atom stereocenters. The molecule has 0 saturated carbocycles. The minimum atomic E-state index is 0.416. The first-order valence-electron chi connectivity index (χ1n) is 5.16. The smallest absolute Gasteiger partial charge is 0.0191 e. The van der Waals surface area contributed by atoms with Crippen LogP contribution in [0.2, 0.25) is 0 Å². The topological polar surface area (TPSA) is 15.8 Å².